The first kappa shape index (κ1) is 23.0. The average molecular weight is 459 g/mol. The number of amides is 2. The maximum atomic E-state index is 13.6. The molecular formula is C28H30N2O2S. The normalized spacial score (nSPS) is 15.1. The maximum absolute atomic E-state index is 13.6. The van der Waals surface area contributed by atoms with Crippen LogP contribution in [-0.4, -0.2) is 41.2 Å². The number of thiophene rings is 1. The molecule has 0 saturated carbocycles. The van der Waals surface area contributed by atoms with Crippen LogP contribution in [0.5, 0.6) is 0 Å². The summed E-state index contributed by atoms with van der Waals surface area (Å²) in [6.07, 6.45) is 3.44. The van der Waals surface area contributed by atoms with Crippen LogP contribution >= 0.6 is 11.3 Å². The first-order valence-corrected chi connectivity index (χ1v) is 12.3. The molecule has 4 rings (SSSR count). The fourth-order valence-electron chi connectivity index (χ4n) is 4.39. The zero-order chi connectivity index (χ0) is 23.4. The molecule has 1 aromatic heterocycles. The van der Waals surface area contributed by atoms with E-state index in [9.17, 15) is 9.59 Å². The van der Waals surface area contributed by atoms with Crippen molar-refractivity contribution >= 4 is 23.2 Å². The first-order valence-electron chi connectivity index (χ1n) is 11.4. The third kappa shape index (κ3) is 4.93. The number of aryl methyl sites for hydroxylation is 2. The number of hydrogen-bond donors (Lipinski definition) is 0. The monoisotopic (exact) mass is 458 g/mol. The minimum absolute atomic E-state index is 0.0300. The topological polar surface area (TPSA) is 40.6 Å². The van der Waals surface area contributed by atoms with Crippen molar-refractivity contribution in [3.8, 4) is 0 Å². The summed E-state index contributed by atoms with van der Waals surface area (Å²) in [5.41, 5.74) is 5.26. The second-order valence-corrected chi connectivity index (χ2v) is 9.47. The molecule has 3 aromatic rings. The second kappa shape index (κ2) is 10.2. The van der Waals surface area contributed by atoms with Gasteiger partial charge in [0.25, 0.3) is 5.91 Å². The summed E-state index contributed by atoms with van der Waals surface area (Å²) >= 11 is 1.75. The molecule has 0 N–H and O–H groups in total. The van der Waals surface area contributed by atoms with E-state index in [0.29, 0.717) is 18.7 Å². The zero-order valence-corrected chi connectivity index (χ0v) is 20.1. The second-order valence-electron chi connectivity index (χ2n) is 8.47. The lowest BCUT2D eigenvalue weighted by molar-refractivity contribution is -0.133. The Labute approximate surface area is 200 Å². The van der Waals surface area contributed by atoms with Gasteiger partial charge in [0.1, 0.15) is 6.54 Å². The van der Waals surface area contributed by atoms with Gasteiger partial charge >= 0.3 is 0 Å². The minimum Gasteiger partial charge on any atom is -0.330 e. The largest absolute Gasteiger partial charge is 0.330 e. The standard InChI is InChI=1S/C28H30N2O2S/c1-4-16-29(28(32)23-12-8-21(5-2)9-13-23)19-26(31)30-17-14-25-24(15-18-33-25)27(30)22-10-6-20(3)7-11-22/h4,6-13,15,18,27H,1,5,14,16-17,19H2,2-3H3. The SMILES string of the molecule is C=CCN(CC(=O)N1CCc2sccc2C1c1ccc(C)cc1)C(=O)c1ccc(CC)cc1. The molecule has 0 fully saturated rings. The summed E-state index contributed by atoms with van der Waals surface area (Å²) in [6.45, 7) is 8.95. The Kier molecular flexibility index (Phi) is 7.09. The Morgan fingerprint density at radius 3 is 2.52 bits per heavy atom. The van der Waals surface area contributed by atoms with Gasteiger partial charge in [0.2, 0.25) is 5.91 Å². The van der Waals surface area contributed by atoms with E-state index >= 15 is 0 Å². The Morgan fingerprint density at radius 2 is 1.85 bits per heavy atom. The molecule has 1 aliphatic rings. The maximum Gasteiger partial charge on any atom is 0.254 e. The summed E-state index contributed by atoms with van der Waals surface area (Å²) in [5, 5.41) is 2.10. The van der Waals surface area contributed by atoms with Gasteiger partial charge in [-0.05, 0) is 60.0 Å². The molecule has 33 heavy (non-hydrogen) atoms. The molecular weight excluding hydrogens is 428 g/mol. The van der Waals surface area contributed by atoms with Gasteiger partial charge < -0.3 is 9.80 Å². The zero-order valence-electron chi connectivity index (χ0n) is 19.3. The Morgan fingerprint density at radius 1 is 1.12 bits per heavy atom. The van der Waals surface area contributed by atoms with Gasteiger partial charge in [0, 0.05) is 23.5 Å². The van der Waals surface area contributed by atoms with Gasteiger partial charge in [0.05, 0.1) is 6.04 Å². The molecule has 170 valence electrons. The minimum atomic E-state index is -0.147. The lowest BCUT2D eigenvalue weighted by Gasteiger charge is -2.37. The predicted molar refractivity (Wildman–Crippen MR) is 135 cm³/mol. The number of carbonyl (C=O) groups is 2. The molecule has 0 saturated heterocycles. The number of carbonyl (C=O) groups excluding carboxylic acids is 2. The van der Waals surface area contributed by atoms with Gasteiger partial charge in [-0.3, -0.25) is 9.59 Å². The molecule has 2 heterocycles. The van der Waals surface area contributed by atoms with E-state index in [1.54, 1.807) is 22.3 Å². The summed E-state index contributed by atoms with van der Waals surface area (Å²) in [7, 11) is 0. The van der Waals surface area contributed by atoms with Crippen molar-refractivity contribution < 1.29 is 9.59 Å². The van der Waals surface area contributed by atoms with E-state index < -0.39 is 0 Å². The molecule has 0 bridgehead atoms. The molecule has 1 aliphatic heterocycles. The Bertz CT molecular complexity index is 1130. The highest BCUT2D eigenvalue weighted by Crippen LogP contribution is 2.38. The third-order valence-electron chi connectivity index (χ3n) is 6.25. The highest BCUT2D eigenvalue weighted by Gasteiger charge is 2.34. The molecule has 1 atom stereocenters. The quantitative estimate of drug-likeness (QED) is 0.444. The number of hydrogen-bond acceptors (Lipinski definition) is 3. The van der Waals surface area contributed by atoms with Crippen LogP contribution in [0.25, 0.3) is 0 Å². The van der Waals surface area contributed by atoms with Gasteiger partial charge in [-0.2, -0.15) is 0 Å². The predicted octanol–water partition coefficient (Wildman–Crippen LogP) is 5.42. The van der Waals surface area contributed by atoms with Crippen molar-refractivity contribution in [2.45, 2.75) is 32.7 Å². The Balaban J connectivity index is 1.59. The van der Waals surface area contributed by atoms with Crippen LogP contribution in [0.4, 0.5) is 0 Å². The van der Waals surface area contributed by atoms with E-state index in [2.05, 4.69) is 56.1 Å². The fourth-order valence-corrected chi connectivity index (χ4v) is 5.29. The average Bonchev–Trinajstić information content (AvgIpc) is 3.32. The number of benzene rings is 2. The van der Waals surface area contributed by atoms with E-state index in [-0.39, 0.29) is 24.4 Å². The number of fused-ring (bicyclic) bond motifs is 1. The Hall–Kier alpha value is -3.18. The number of nitrogens with zero attached hydrogens (tertiary/aromatic N) is 2. The first-order chi connectivity index (χ1) is 16.0. The fraction of sp³-hybridized carbons (Fsp3) is 0.286. The van der Waals surface area contributed by atoms with Crippen molar-refractivity contribution in [3.63, 3.8) is 0 Å². The van der Waals surface area contributed by atoms with Crippen LogP contribution in [0.2, 0.25) is 0 Å². The van der Waals surface area contributed by atoms with Gasteiger partial charge in [-0.25, -0.2) is 0 Å². The molecule has 0 aliphatic carbocycles. The summed E-state index contributed by atoms with van der Waals surface area (Å²) in [6, 6.07) is 18.0. The van der Waals surface area contributed by atoms with Gasteiger partial charge in [0.15, 0.2) is 0 Å². The molecule has 0 spiro atoms. The lowest BCUT2D eigenvalue weighted by Crippen LogP contribution is -2.46. The highest BCUT2D eigenvalue weighted by atomic mass is 32.1. The third-order valence-corrected chi connectivity index (χ3v) is 7.25. The van der Waals surface area contributed by atoms with Crippen molar-refractivity contribution in [2.24, 2.45) is 0 Å². The van der Waals surface area contributed by atoms with Crippen molar-refractivity contribution in [1.82, 2.24) is 9.80 Å². The molecule has 2 aromatic carbocycles. The van der Waals surface area contributed by atoms with Gasteiger partial charge in [-0.1, -0.05) is 55.0 Å². The molecule has 2 amide bonds. The summed E-state index contributed by atoms with van der Waals surface area (Å²) < 4.78 is 0. The van der Waals surface area contributed by atoms with Crippen LogP contribution < -0.4 is 0 Å². The summed E-state index contributed by atoms with van der Waals surface area (Å²) in [4.78, 5) is 31.7. The smallest absolute Gasteiger partial charge is 0.254 e. The van der Waals surface area contributed by atoms with E-state index in [1.165, 1.54) is 21.6 Å². The van der Waals surface area contributed by atoms with Gasteiger partial charge in [-0.15, -0.1) is 17.9 Å². The van der Waals surface area contributed by atoms with Crippen LogP contribution in [-0.2, 0) is 17.6 Å². The van der Waals surface area contributed by atoms with Crippen molar-refractivity contribution in [1.29, 1.82) is 0 Å². The molecule has 1 unspecified atom stereocenters. The summed E-state index contributed by atoms with van der Waals surface area (Å²) in [5.74, 6) is -0.191. The van der Waals surface area contributed by atoms with Crippen molar-refractivity contribution in [3.05, 3.63) is 105 Å². The van der Waals surface area contributed by atoms with E-state index in [0.717, 1.165) is 18.4 Å². The van der Waals surface area contributed by atoms with Crippen LogP contribution in [0.15, 0.2) is 72.6 Å². The lowest BCUT2D eigenvalue weighted by atomic mass is 9.92. The van der Waals surface area contributed by atoms with Crippen molar-refractivity contribution in [2.75, 3.05) is 19.6 Å². The van der Waals surface area contributed by atoms with Crippen LogP contribution in [0.1, 0.15) is 50.5 Å². The van der Waals surface area contributed by atoms with E-state index in [4.69, 9.17) is 0 Å². The number of rotatable bonds is 7. The molecule has 0 radical (unpaired) electrons. The van der Waals surface area contributed by atoms with Crippen LogP contribution in [0, 0.1) is 6.92 Å². The van der Waals surface area contributed by atoms with E-state index in [1.807, 2.05) is 29.2 Å². The van der Waals surface area contributed by atoms with Crippen LogP contribution in [0.3, 0.4) is 0 Å². The molecule has 4 nitrogen and oxygen atoms in total. The molecule has 5 heteroatoms. The highest BCUT2D eigenvalue weighted by molar-refractivity contribution is 7.10.